The van der Waals surface area contributed by atoms with E-state index >= 15 is 0 Å². The molecule has 12 heavy (non-hydrogen) atoms. The van der Waals surface area contributed by atoms with Gasteiger partial charge in [-0.05, 0) is 37.1 Å². The van der Waals surface area contributed by atoms with Crippen molar-refractivity contribution in [1.29, 1.82) is 0 Å². The van der Waals surface area contributed by atoms with Crippen LogP contribution in [0.4, 0.5) is 0 Å². The molecule has 0 saturated carbocycles. The van der Waals surface area contributed by atoms with Crippen LogP contribution < -0.4 is 0 Å². The van der Waals surface area contributed by atoms with Gasteiger partial charge in [-0.2, -0.15) is 9.59 Å². The second-order valence-electron chi connectivity index (χ2n) is 2.31. The van der Waals surface area contributed by atoms with Crippen molar-refractivity contribution >= 4 is 22.1 Å². The van der Waals surface area contributed by atoms with Crippen LogP contribution in [0.15, 0.2) is 22.7 Å². The standard InChI is InChI=1S/C8H9Br.CO2/c1-6-3-4-8(9)5-7(6)2;2-1-3/h3-5H,1-2H3;. The third kappa shape index (κ3) is 4.06. The van der Waals surface area contributed by atoms with Crippen LogP contribution in [-0.2, 0) is 9.59 Å². The van der Waals surface area contributed by atoms with Crippen molar-refractivity contribution < 1.29 is 9.59 Å². The first-order valence-corrected chi connectivity index (χ1v) is 4.13. The highest BCUT2D eigenvalue weighted by Crippen LogP contribution is 2.14. The molecule has 0 aliphatic rings. The minimum Gasteiger partial charge on any atom is -0.186 e. The lowest BCUT2D eigenvalue weighted by molar-refractivity contribution is -0.191. The molecule has 1 aromatic rings. The molecule has 0 fully saturated rings. The number of rotatable bonds is 0. The molecule has 0 N–H and O–H groups in total. The minimum atomic E-state index is 0.250. The molecule has 0 radical (unpaired) electrons. The van der Waals surface area contributed by atoms with Gasteiger partial charge in [0.2, 0.25) is 0 Å². The predicted molar refractivity (Wildman–Crippen MR) is 48.6 cm³/mol. The first-order valence-electron chi connectivity index (χ1n) is 3.34. The number of carbonyl (C=O) groups excluding carboxylic acids is 2. The summed E-state index contributed by atoms with van der Waals surface area (Å²) < 4.78 is 1.16. The Labute approximate surface area is 79.7 Å². The van der Waals surface area contributed by atoms with Crippen molar-refractivity contribution in [2.24, 2.45) is 0 Å². The van der Waals surface area contributed by atoms with E-state index < -0.39 is 0 Å². The van der Waals surface area contributed by atoms with Gasteiger partial charge in [0.15, 0.2) is 0 Å². The lowest BCUT2D eigenvalue weighted by Crippen LogP contribution is -1.77. The van der Waals surface area contributed by atoms with Gasteiger partial charge in [0, 0.05) is 4.47 Å². The molecular weight excluding hydrogens is 220 g/mol. The van der Waals surface area contributed by atoms with Crippen LogP contribution >= 0.6 is 15.9 Å². The lowest BCUT2D eigenvalue weighted by atomic mass is 10.1. The molecule has 0 aliphatic heterocycles. The van der Waals surface area contributed by atoms with Gasteiger partial charge in [0.05, 0.1) is 0 Å². The Morgan fingerprint density at radius 2 is 1.67 bits per heavy atom. The van der Waals surface area contributed by atoms with Crippen LogP contribution in [0.1, 0.15) is 11.1 Å². The molecule has 0 spiro atoms. The van der Waals surface area contributed by atoms with Gasteiger partial charge in [-0.25, -0.2) is 0 Å². The smallest absolute Gasteiger partial charge is 0.186 e. The van der Waals surface area contributed by atoms with Crippen LogP contribution in [-0.4, -0.2) is 6.15 Å². The number of halogens is 1. The number of hydrogen-bond donors (Lipinski definition) is 0. The van der Waals surface area contributed by atoms with E-state index in [1.165, 1.54) is 11.1 Å². The van der Waals surface area contributed by atoms with Gasteiger partial charge in [-0.3, -0.25) is 0 Å². The largest absolute Gasteiger partial charge is 0.373 e. The Hall–Kier alpha value is -0.920. The first-order chi connectivity index (χ1) is 5.61. The number of hydrogen-bond acceptors (Lipinski definition) is 2. The maximum Gasteiger partial charge on any atom is 0.373 e. The number of aryl methyl sites for hydroxylation is 2. The molecule has 1 aromatic carbocycles. The number of benzene rings is 1. The zero-order valence-electron chi connectivity index (χ0n) is 6.93. The van der Waals surface area contributed by atoms with E-state index in [0.29, 0.717) is 0 Å². The van der Waals surface area contributed by atoms with Gasteiger partial charge >= 0.3 is 6.15 Å². The highest BCUT2D eigenvalue weighted by molar-refractivity contribution is 9.10. The monoisotopic (exact) mass is 228 g/mol. The van der Waals surface area contributed by atoms with Crippen molar-refractivity contribution in [3.8, 4) is 0 Å². The maximum atomic E-state index is 8.12. The normalized spacial score (nSPS) is 7.92. The van der Waals surface area contributed by atoms with Gasteiger partial charge in [-0.15, -0.1) is 0 Å². The summed E-state index contributed by atoms with van der Waals surface area (Å²) in [6.07, 6.45) is 0.250. The Morgan fingerprint density at radius 3 is 2.00 bits per heavy atom. The van der Waals surface area contributed by atoms with E-state index in [2.05, 4.69) is 48.0 Å². The summed E-state index contributed by atoms with van der Waals surface area (Å²) in [4.78, 5) is 16.2. The van der Waals surface area contributed by atoms with Crippen LogP contribution in [0.25, 0.3) is 0 Å². The van der Waals surface area contributed by atoms with Crippen LogP contribution in [0, 0.1) is 13.8 Å². The van der Waals surface area contributed by atoms with E-state index in [4.69, 9.17) is 9.59 Å². The first kappa shape index (κ1) is 11.1. The fourth-order valence-corrected chi connectivity index (χ4v) is 1.18. The van der Waals surface area contributed by atoms with E-state index in [1.54, 1.807) is 0 Å². The average Bonchev–Trinajstić information content (AvgIpc) is 1.99. The highest BCUT2D eigenvalue weighted by atomic mass is 79.9. The third-order valence-electron chi connectivity index (χ3n) is 1.47. The van der Waals surface area contributed by atoms with Crippen LogP contribution in [0.5, 0.6) is 0 Å². The minimum absolute atomic E-state index is 0.250. The maximum absolute atomic E-state index is 8.12. The van der Waals surface area contributed by atoms with E-state index in [0.717, 1.165) is 4.47 Å². The van der Waals surface area contributed by atoms with Crippen molar-refractivity contribution in [3.63, 3.8) is 0 Å². The Bertz CT molecular complexity index is 289. The molecule has 3 heteroatoms. The molecule has 0 heterocycles. The molecule has 0 aromatic heterocycles. The summed E-state index contributed by atoms with van der Waals surface area (Å²) in [5.74, 6) is 0. The second kappa shape index (κ2) is 5.70. The summed E-state index contributed by atoms with van der Waals surface area (Å²) in [5, 5.41) is 0. The van der Waals surface area contributed by atoms with Crippen LogP contribution in [0.3, 0.4) is 0 Å². The Morgan fingerprint density at radius 1 is 1.17 bits per heavy atom. The van der Waals surface area contributed by atoms with Gasteiger partial charge in [-0.1, -0.05) is 22.0 Å². The lowest BCUT2D eigenvalue weighted by Gasteiger charge is -1.97. The molecule has 0 aliphatic carbocycles. The topological polar surface area (TPSA) is 34.1 Å². The highest BCUT2D eigenvalue weighted by Gasteiger charge is 1.90. The van der Waals surface area contributed by atoms with Crippen molar-refractivity contribution in [2.75, 3.05) is 0 Å². The van der Waals surface area contributed by atoms with E-state index in [-0.39, 0.29) is 6.15 Å². The summed E-state index contributed by atoms with van der Waals surface area (Å²) in [7, 11) is 0. The van der Waals surface area contributed by atoms with Crippen LogP contribution in [0.2, 0.25) is 0 Å². The van der Waals surface area contributed by atoms with Crippen molar-refractivity contribution in [1.82, 2.24) is 0 Å². The average molecular weight is 229 g/mol. The molecule has 0 saturated heterocycles. The molecule has 64 valence electrons. The van der Waals surface area contributed by atoms with Gasteiger partial charge < -0.3 is 0 Å². The van der Waals surface area contributed by atoms with E-state index in [9.17, 15) is 0 Å². The summed E-state index contributed by atoms with van der Waals surface area (Å²) in [6, 6.07) is 6.29. The predicted octanol–water partition coefficient (Wildman–Crippen LogP) is 2.48. The zero-order chi connectivity index (χ0) is 9.56. The Kier molecular flexibility index (Phi) is 5.26. The molecular formula is C9H9BrO2. The quantitative estimate of drug-likeness (QED) is 0.684. The fraction of sp³-hybridized carbons (Fsp3) is 0.222. The fourth-order valence-electron chi connectivity index (χ4n) is 0.705. The summed E-state index contributed by atoms with van der Waals surface area (Å²) in [6.45, 7) is 4.22. The van der Waals surface area contributed by atoms with Gasteiger partial charge in [0.1, 0.15) is 0 Å². The van der Waals surface area contributed by atoms with E-state index in [1.807, 2.05) is 0 Å². The third-order valence-corrected chi connectivity index (χ3v) is 1.96. The van der Waals surface area contributed by atoms with Crippen molar-refractivity contribution in [2.45, 2.75) is 13.8 Å². The molecule has 2 nitrogen and oxygen atoms in total. The molecule has 1 rings (SSSR count). The molecule has 0 unspecified atom stereocenters. The molecule has 0 atom stereocenters. The summed E-state index contributed by atoms with van der Waals surface area (Å²) in [5.41, 5.74) is 2.68. The van der Waals surface area contributed by atoms with Crippen molar-refractivity contribution in [3.05, 3.63) is 33.8 Å². The molecule has 0 amide bonds. The zero-order valence-corrected chi connectivity index (χ0v) is 8.51. The SMILES string of the molecule is Cc1ccc(Br)cc1C.O=C=O. The van der Waals surface area contributed by atoms with Gasteiger partial charge in [0.25, 0.3) is 0 Å². The summed E-state index contributed by atoms with van der Waals surface area (Å²) >= 11 is 3.40. The molecule has 0 bridgehead atoms. The second-order valence-corrected chi connectivity index (χ2v) is 3.23. The Balaban J connectivity index is 0.000000354.